The minimum absolute atomic E-state index is 0.0259. The number of nitrogens with one attached hydrogen (secondary N) is 2. The lowest BCUT2D eigenvalue weighted by atomic mass is 10.1. The van der Waals surface area contributed by atoms with Gasteiger partial charge < -0.3 is 15.4 Å². The molecule has 1 fully saturated rings. The van der Waals surface area contributed by atoms with Gasteiger partial charge in [0.25, 0.3) is 5.91 Å². The number of carbonyl (C=O) groups is 2. The minimum atomic E-state index is -4.44. The number of urea groups is 1. The highest BCUT2D eigenvalue weighted by Crippen LogP contribution is 2.31. The summed E-state index contributed by atoms with van der Waals surface area (Å²) in [6.45, 7) is 3.11. The number of alkyl halides is 3. The Hall–Kier alpha value is -3.23. The molecule has 0 spiro atoms. The molecule has 0 saturated carbocycles. The van der Waals surface area contributed by atoms with Crippen molar-refractivity contribution in [3.8, 4) is 5.75 Å². The molecule has 0 atom stereocenters. The maximum Gasteiger partial charge on any atom is 0.416 e. The average molecular weight is 407 g/mol. The first kappa shape index (κ1) is 20.5. The van der Waals surface area contributed by atoms with Crippen LogP contribution in [0.25, 0.3) is 0 Å². The summed E-state index contributed by atoms with van der Waals surface area (Å²) < 4.78 is 43.4. The molecule has 6 nitrogen and oxygen atoms in total. The number of aryl methyl sites for hydroxylation is 1. The number of halogens is 3. The van der Waals surface area contributed by atoms with Crippen LogP contribution < -0.4 is 20.3 Å². The van der Waals surface area contributed by atoms with Gasteiger partial charge in [0.15, 0.2) is 0 Å². The van der Waals surface area contributed by atoms with Gasteiger partial charge in [0.05, 0.1) is 12.1 Å². The molecular weight excluding hydrogens is 387 g/mol. The number of carbonyl (C=O) groups excluding carboxylic acids is 2. The molecule has 3 rings (SSSR count). The van der Waals surface area contributed by atoms with E-state index < -0.39 is 11.7 Å². The van der Waals surface area contributed by atoms with E-state index in [2.05, 4.69) is 10.6 Å². The third kappa shape index (κ3) is 4.98. The second kappa shape index (κ2) is 8.42. The molecule has 0 radical (unpaired) electrons. The van der Waals surface area contributed by atoms with Crippen LogP contribution in [0.5, 0.6) is 5.75 Å². The lowest BCUT2D eigenvalue weighted by Crippen LogP contribution is -2.29. The highest BCUT2D eigenvalue weighted by Gasteiger charge is 2.30. The predicted molar refractivity (Wildman–Crippen MR) is 101 cm³/mol. The SMILES string of the molecule is Cc1cc(C(=O)NCCOc2cccc(C(F)(F)F)c2)ccc1N1CCNC1=O. The summed E-state index contributed by atoms with van der Waals surface area (Å²) >= 11 is 0. The molecule has 154 valence electrons. The number of rotatable bonds is 6. The molecule has 1 aliphatic heterocycles. The normalized spacial score (nSPS) is 13.9. The van der Waals surface area contributed by atoms with E-state index in [0.29, 0.717) is 18.7 Å². The predicted octanol–water partition coefficient (Wildman–Crippen LogP) is 3.35. The van der Waals surface area contributed by atoms with Crippen LogP contribution in [-0.2, 0) is 6.18 Å². The van der Waals surface area contributed by atoms with Gasteiger partial charge in [-0.05, 0) is 48.9 Å². The summed E-state index contributed by atoms with van der Waals surface area (Å²) in [5, 5.41) is 5.38. The van der Waals surface area contributed by atoms with Crippen LogP contribution in [0.15, 0.2) is 42.5 Å². The second-order valence-corrected chi connectivity index (χ2v) is 6.51. The van der Waals surface area contributed by atoms with Gasteiger partial charge in [-0.25, -0.2) is 4.79 Å². The monoisotopic (exact) mass is 407 g/mol. The molecule has 1 aliphatic rings. The quantitative estimate of drug-likeness (QED) is 0.722. The lowest BCUT2D eigenvalue weighted by Gasteiger charge is -2.17. The highest BCUT2D eigenvalue weighted by molar-refractivity contribution is 5.97. The zero-order chi connectivity index (χ0) is 21.0. The highest BCUT2D eigenvalue weighted by atomic mass is 19.4. The fourth-order valence-corrected chi connectivity index (χ4v) is 3.00. The maximum atomic E-state index is 12.7. The van der Waals surface area contributed by atoms with Gasteiger partial charge in [-0.15, -0.1) is 0 Å². The number of benzene rings is 2. The first-order valence-electron chi connectivity index (χ1n) is 9.00. The summed E-state index contributed by atoms with van der Waals surface area (Å²) in [5.41, 5.74) is 1.16. The van der Waals surface area contributed by atoms with Crippen molar-refractivity contribution in [1.29, 1.82) is 0 Å². The van der Waals surface area contributed by atoms with Crippen molar-refractivity contribution in [3.63, 3.8) is 0 Å². The van der Waals surface area contributed by atoms with Crippen LogP contribution in [0.2, 0.25) is 0 Å². The van der Waals surface area contributed by atoms with Crippen LogP contribution in [0.4, 0.5) is 23.7 Å². The Kier molecular flexibility index (Phi) is 5.95. The third-order valence-corrected chi connectivity index (χ3v) is 4.42. The van der Waals surface area contributed by atoms with E-state index >= 15 is 0 Å². The largest absolute Gasteiger partial charge is 0.492 e. The zero-order valence-electron chi connectivity index (χ0n) is 15.7. The van der Waals surface area contributed by atoms with Crippen molar-refractivity contribution < 1.29 is 27.5 Å². The number of anilines is 1. The fraction of sp³-hybridized carbons (Fsp3) is 0.300. The minimum Gasteiger partial charge on any atom is -0.492 e. The van der Waals surface area contributed by atoms with E-state index in [1.54, 1.807) is 23.1 Å². The first-order valence-corrected chi connectivity index (χ1v) is 9.00. The molecule has 2 N–H and O–H groups in total. The number of amides is 3. The van der Waals surface area contributed by atoms with Gasteiger partial charge in [-0.3, -0.25) is 9.69 Å². The van der Waals surface area contributed by atoms with Crippen molar-refractivity contribution in [1.82, 2.24) is 10.6 Å². The molecule has 1 heterocycles. The van der Waals surface area contributed by atoms with Gasteiger partial charge in [0.1, 0.15) is 12.4 Å². The number of nitrogens with zero attached hydrogens (tertiary/aromatic N) is 1. The third-order valence-electron chi connectivity index (χ3n) is 4.42. The van der Waals surface area contributed by atoms with E-state index in [4.69, 9.17) is 4.74 Å². The van der Waals surface area contributed by atoms with Gasteiger partial charge in [-0.2, -0.15) is 13.2 Å². The van der Waals surface area contributed by atoms with Crippen LogP contribution in [0, 0.1) is 6.92 Å². The molecule has 29 heavy (non-hydrogen) atoms. The van der Waals surface area contributed by atoms with Crippen molar-refractivity contribution in [2.45, 2.75) is 13.1 Å². The van der Waals surface area contributed by atoms with Gasteiger partial charge in [0.2, 0.25) is 0 Å². The van der Waals surface area contributed by atoms with Gasteiger partial charge in [-0.1, -0.05) is 6.07 Å². The molecule has 2 aromatic carbocycles. The molecule has 0 aromatic heterocycles. The second-order valence-electron chi connectivity index (χ2n) is 6.51. The van der Waals surface area contributed by atoms with Gasteiger partial charge in [0, 0.05) is 24.3 Å². The Bertz CT molecular complexity index is 915. The Morgan fingerprint density at radius 3 is 2.69 bits per heavy atom. The summed E-state index contributed by atoms with van der Waals surface area (Å²) in [4.78, 5) is 25.7. The Morgan fingerprint density at radius 2 is 2.03 bits per heavy atom. The lowest BCUT2D eigenvalue weighted by molar-refractivity contribution is -0.137. The number of hydrogen-bond acceptors (Lipinski definition) is 3. The molecule has 0 bridgehead atoms. The van der Waals surface area contributed by atoms with E-state index in [9.17, 15) is 22.8 Å². The van der Waals surface area contributed by atoms with Crippen molar-refractivity contribution in [3.05, 3.63) is 59.2 Å². The average Bonchev–Trinajstić information content (AvgIpc) is 3.10. The number of ether oxygens (including phenoxy) is 1. The van der Waals surface area contributed by atoms with E-state index in [1.807, 2.05) is 6.92 Å². The van der Waals surface area contributed by atoms with E-state index in [1.165, 1.54) is 12.1 Å². The molecule has 3 amide bonds. The summed E-state index contributed by atoms with van der Waals surface area (Å²) in [5.74, 6) is -0.253. The van der Waals surface area contributed by atoms with Crippen molar-refractivity contribution >= 4 is 17.6 Å². The van der Waals surface area contributed by atoms with E-state index in [-0.39, 0.29) is 30.8 Å². The Morgan fingerprint density at radius 1 is 1.24 bits per heavy atom. The molecular formula is C20H20F3N3O3. The van der Waals surface area contributed by atoms with E-state index in [0.717, 1.165) is 23.4 Å². The molecule has 2 aromatic rings. The maximum absolute atomic E-state index is 12.7. The summed E-state index contributed by atoms with van der Waals surface area (Å²) in [6, 6.07) is 9.42. The van der Waals surface area contributed by atoms with Crippen LogP contribution >= 0.6 is 0 Å². The van der Waals surface area contributed by atoms with Crippen molar-refractivity contribution in [2.24, 2.45) is 0 Å². The fourth-order valence-electron chi connectivity index (χ4n) is 3.00. The molecule has 9 heteroatoms. The molecule has 0 aliphatic carbocycles. The van der Waals surface area contributed by atoms with Crippen LogP contribution in [0.1, 0.15) is 21.5 Å². The Balaban J connectivity index is 1.52. The standard InChI is InChI=1S/C20H20F3N3O3/c1-13-11-14(5-6-17(13)26-9-7-25-19(26)28)18(27)24-8-10-29-16-4-2-3-15(12-16)20(21,22)23/h2-6,11-12H,7-10H2,1H3,(H,24,27)(H,25,28). The van der Waals surface area contributed by atoms with Gasteiger partial charge >= 0.3 is 12.2 Å². The summed E-state index contributed by atoms with van der Waals surface area (Å²) in [7, 11) is 0. The topological polar surface area (TPSA) is 70.7 Å². The first-order chi connectivity index (χ1) is 13.8. The van der Waals surface area contributed by atoms with Crippen molar-refractivity contribution in [2.75, 3.05) is 31.1 Å². The summed E-state index contributed by atoms with van der Waals surface area (Å²) in [6.07, 6.45) is -4.44. The van der Waals surface area contributed by atoms with Crippen LogP contribution in [0.3, 0.4) is 0 Å². The smallest absolute Gasteiger partial charge is 0.416 e. The Labute approximate surface area is 165 Å². The molecule has 1 saturated heterocycles. The van der Waals surface area contributed by atoms with Crippen LogP contribution in [-0.4, -0.2) is 38.2 Å². The molecule has 0 unspecified atom stereocenters. The number of hydrogen-bond donors (Lipinski definition) is 2. The zero-order valence-corrected chi connectivity index (χ0v) is 15.7.